The highest BCUT2D eigenvalue weighted by molar-refractivity contribution is 14.1. The number of carbonyl (C=O) groups excluding carboxylic acids is 1. The van der Waals surface area contributed by atoms with Crippen molar-refractivity contribution in [1.29, 1.82) is 0 Å². The summed E-state index contributed by atoms with van der Waals surface area (Å²) in [6, 6.07) is 17.9. The molecule has 1 amide bonds. The zero-order valence-electron chi connectivity index (χ0n) is 29.8. The van der Waals surface area contributed by atoms with Gasteiger partial charge in [-0.2, -0.15) is 3.22 Å². The Morgan fingerprint density at radius 3 is 2.41 bits per heavy atom. The maximum absolute atomic E-state index is 12.4. The molecule has 1 N–H and O–H groups in total. The molecular weight excluding hydrogens is 731 g/mol. The number of benzene rings is 3. The van der Waals surface area contributed by atoms with E-state index in [1.165, 1.54) is 27.9 Å². The van der Waals surface area contributed by atoms with Crippen molar-refractivity contribution < 1.29 is 22.4 Å². The van der Waals surface area contributed by atoms with Crippen LogP contribution in [0.2, 0.25) is 0 Å². The number of halogens is 1. The van der Waals surface area contributed by atoms with Gasteiger partial charge < -0.3 is 24.2 Å². The zero-order chi connectivity index (χ0) is 34.9. The van der Waals surface area contributed by atoms with Crippen LogP contribution in [0.5, 0.6) is 0 Å². The third-order valence-corrected chi connectivity index (χ3v) is 9.80. The van der Waals surface area contributed by atoms with Crippen LogP contribution >= 0.6 is 23.0 Å². The van der Waals surface area contributed by atoms with E-state index in [9.17, 15) is 9.90 Å². The summed E-state index contributed by atoms with van der Waals surface area (Å²) in [5.41, 5.74) is 9.46. The van der Waals surface area contributed by atoms with Crippen LogP contribution in [0.25, 0.3) is 33.4 Å². The van der Waals surface area contributed by atoms with E-state index in [1.54, 1.807) is 23.0 Å². The van der Waals surface area contributed by atoms with Crippen molar-refractivity contribution in [3.8, 4) is 22.5 Å². The Bertz CT molecular complexity index is 1760. The minimum atomic E-state index is -0.113. The SMILES string of the molecule is CCCc1cc(N(CCC)CCC)c(C)cc1-c1c2cc/c(=[N+](/C)CCOOI)cc-2oc2cc(N3CCN(C(=O)CCO)CC3)ccc12. The predicted molar refractivity (Wildman–Crippen MR) is 207 cm³/mol. The molecule has 0 bridgehead atoms. The average molecular weight is 784 g/mol. The molecule has 0 unspecified atom stereocenters. The summed E-state index contributed by atoms with van der Waals surface area (Å²) in [5, 5.41) is 11.4. The van der Waals surface area contributed by atoms with E-state index in [0.717, 1.165) is 85.2 Å². The van der Waals surface area contributed by atoms with Crippen molar-refractivity contribution >= 4 is 51.3 Å². The lowest BCUT2D eigenvalue weighted by Crippen LogP contribution is -2.48. The number of likely N-dealkylation sites (N-methyl/N-ethyl adjacent to an activating group) is 1. The van der Waals surface area contributed by atoms with Crippen LogP contribution in [-0.2, 0) is 19.3 Å². The summed E-state index contributed by atoms with van der Waals surface area (Å²) in [7, 11) is 2.04. The van der Waals surface area contributed by atoms with Gasteiger partial charge in [-0.3, -0.25) is 4.79 Å². The number of carbonyl (C=O) groups is 1. The number of nitrogens with zero attached hydrogens (tertiary/aromatic N) is 4. The summed E-state index contributed by atoms with van der Waals surface area (Å²) in [4.78, 5) is 24.2. The van der Waals surface area contributed by atoms with E-state index in [0.29, 0.717) is 26.2 Å². The molecule has 1 saturated heterocycles. The van der Waals surface area contributed by atoms with Crippen LogP contribution in [-0.4, -0.2) is 82.0 Å². The highest BCUT2D eigenvalue weighted by atomic mass is 127. The Labute approximate surface area is 305 Å². The van der Waals surface area contributed by atoms with Crippen LogP contribution in [0.3, 0.4) is 0 Å². The van der Waals surface area contributed by atoms with Crippen molar-refractivity contribution in [3.05, 3.63) is 65.0 Å². The summed E-state index contributed by atoms with van der Waals surface area (Å²) in [5.74, 6) is 0.842. The number of aryl methyl sites for hydroxylation is 2. The lowest BCUT2D eigenvalue weighted by molar-refractivity contribution is -0.164. The topological polar surface area (TPSA) is 81.6 Å². The van der Waals surface area contributed by atoms with Crippen LogP contribution in [0.15, 0.2) is 52.9 Å². The third-order valence-electron chi connectivity index (χ3n) is 9.55. The summed E-state index contributed by atoms with van der Waals surface area (Å²) in [6.45, 7) is 14.9. The van der Waals surface area contributed by atoms with Gasteiger partial charge in [0.25, 0.3) is 0 Å². The van der Waals surface area contributed by atoms with E-state index >= 15 is 0 Å². The highest BCUT2D eigenvalue weighted by Crippen LogP contribution is 2.44. The predicted octanol–water partition coefficient (Wildman–Crippen LogP) is 6.82. The molecule has 49 heavy (non-hydrogen) atoms. The third kappa shape index (κ3) is 8.58. The zero-order valence-corrected chi connectivity index (χ0v) is 31.9. The van der Waals surface area contributed by atoms with Crippen LogP contribution < -0.4 is 19.7 Å². The molecular formula is C39H52IN4O5+. The summed E-state index contributed by atoms with van der Waals surface area (Å²) in [6.07, 6.45) is 4.45. The highest BCUT2D eigenvalue weighted by Gasteiger charge is 2.25. The van der Waals surface area contributed by atoms with Crippen molar-refractivity contribution in [2.75, 3.05) is 75.9 Å². The number of rotatable bonds is 15. The monoisotopic (exact) mass is 783 g/mol. The number of hydrogen-bond acceptors (Lipinski definition) is 7. The first-order valence-electron chi connectivity index (χ1n) is 17.8. The van der Waals surface area contributed by atoms with E-state index < -0.39 is 0 Å². The van der Waals surface area contributed by atoms with Gasteiger partial charge in [-0.15, -0.1) is 0 Å². The molecule has 0 saturated carbocycles. The van der Waals surface area contributed by atoms with E-state index in [1.807, 2.05) is 11.9 Å². The number of aliphatic hydroxyl groups excluding tert-OH is 1. The van der Waals surface area contributed by atoms with Gasteiger partial charge in [-0.1, -0.05) is 27.2 Å². The van der Waals surface area contributed by atoms with Crippen LogP contribution in [0.1, 0.15) is 57.6 Å². The minimum Gasteiger partial charge on any atom is -0.456 e. The van der Waals surface area contributed by atoms with Gasteiger partial charge in [0.1, 0.15) is 25.0 Å². The molecule has 3 aliphatic rings. The minimum absolute atomic E-state index is 0.0117. The lowest BCUT2D eigenvalue weighted by atomic mass is 9.87. The first-order valence-corrected chi connectivity index (χ1v) is 18.7. The Balaban J connectivity index is 1.67. The van der Waals surface area contributed by atoms with Crippen molar-refractivity contribution in [1.82, 2.24) is 9.48 Å². The molecule has 0 atom stereocenters. The van der Waals surface area contributed by atoms with Crippen molar-refractivity contribution in [3.63, 3.8) is 0 Å². The molecule has 2 aromatic rings. The maximum atomic E-state index is 12.4. The molecule has 10 heteroatoms. The molecule has 1 fully saturated rings. The molecule has 2 aliphatic heterocycles. The fourth-order valence-corrected chi connectivity index (χ4v) is 7.26. The first-order chi connectivity index (χ1) is 23.8. The van der Waals surface area contributed by atoms with Crippen molar-refractivity contribution in [2.45, 2.75) is 59.8 Å². The van der Waals surface area contributed by atoms with Gasteiger partial charge >= 0.3 is 0 Å². The second-order valence-corrected chi connectivity index (χ2v) is 13.4. The molecule has 5 rings (SSSR count). The Morgan fingerprint density at radius 2 is 1.73 bits per heavy atom. The van der Waals surface area contributed by atoms with Gasteiger partial charge in [0.05, 0.1) is 12.7 Å². The quantitative estimate of drug-likeness (QED) is 0.0354. The standard InChI is InChI=1S/C39H52IN4O5/c1-6-9-29-25-35(43(15-7-2)16-8-3)28(4)24-34(29)39-32-12-10-30(41(5)21-23-47-49-40)26-36(32)48-37-27-31(11-13-33(37)39)42-17-19-44(20-18-42)38(46)14-22-45/h10-13,24-27,45H,6-9,14-23H2,1-5H3/q+1. The molecule has 1 aliphatic carbocycles. The van der Waals surface area contributed by atoms with Gasteiger partial charge in [0.2, 0.25) is 11.3 Å². The molecule has 9 nitrogen and oxygen atoms in total. The number of aliphatic hydroxyl groups is 1. The number of amides is 1. The van der Waals surface area contributed by atoms with E-state index in [2.05, 4.69) is 90.6 Å². The van der Waals surface area contributed by atoms with Gasteiger partial charge in [-0.25, -0.2) is 9.46 Å². The fourth-order valence-electron chi connectivity index (χ4n) is 7.08. The molecule has 2 aromatic carbocycles. The van der Waals surface area contributed by atoms with E-state index in [-0.39, 0.29) is 18.9 Å². The molecule has 0 spiro atoms. The average Bonchev–Trinajstić information content (AvgIpc) is 3.11. The largest absolute Gasteiger partial charge is 0.456 e. The van der Waals surface area contributed by atoms with Gasteiger partial charge in [0, 0.05) is 85.7 Å². The number of anilines is 2. The van der Waals surface area contributed by atoms with E-state index in [4.69, 9.17) is 12.5 Å². The Kier molecular flexibility index (Phi) is 13.4. The molecule has 2 heterocycles. The summed E-state index contributed by atoms with van der Waals surface area (Å²) < 4.78 is 13.7. The summed E-state index contributed by atoms with van der Waals surface area (Å²) >= 11 is 1.74. The van der Waals surface area contributed by atoms with Crippen LogP contribution in [0, 0.1) is 6.92 Å². The van der Waals surface area contributed by atoms with Gasteiger partial charge in [0.15, 0.2) is 29.6 Å². The smallest absolute Gasteiger partial charge is 0.225 e. The second kappa shape index (κ2) is 17.6. The second-order valence-electron chi connectivity index (χ2n) is 13.0. The fraction of sp³-hybridized carbons (Fsp3) is 0.487. The lowest BCUT2D eigenvalue weighted by Gasteiger charge is -2.36. The molecule has 0 radical (unpaired) electrons. The van der Waals surface area contributed by atoms with Crippen molar-refractivity contribution in [2.24, 2.45) is 0 Å². The van der Waals surface area contributed by atoms with Crippen LogP contribution in [0.4, 0.5) is 11.4 Å². The number of hydrogen-bond donors (Lipinski definition) is 1. The molecule has 264 valence electrons. The normalized spacial score (nSPS) is 14.2. The Hall–Kier alpha value is -3.19. The Morgan fingerprint density at radius 1 is 0.980 bits per heavy atom. The van der Waals surface area contributed by atoms with Gasteiger partial charge in [-0.05, 0) is 73.2 Å². The number of fused-ring (bicyclic) bond motifs is 2. The first kappa shape index (κ1) is 37.1. The molecule has 0 aromatic heterocycles. The maximum Gasteiger partial charge on any atom is 0.225 e. The number of piperazine rings is 1.